The van der Waals surface area contributed by atoms with Crippen molar-refractivity contribution in [1.82, 2.24) is 9.38 Å². The number of ether oxygens (including phenoxy) is 1. The summed E-state index contributed by atoms with van der Waals surface area (Å²) in [5, 5.41) is 2.79. The molecule has 1 aliphatic rings. The summed E-state index contributed by atoms with van der Waals surface area (Å²) in [6, 6.07) is 8.06. The normalized spacial score (nSPS) is 13.3. The number of fused-ring (bicyclic) bond motifs is 3. The van der Waals surface area contributed by atoms with E-state index in [-0.39, 0.29) is 24.0 Å². The molecule has 1 amide bonds. The van der Waals surface area contributed by atoms with Crippen LogP contribution in [0.25, 0.3) is 4.96 Å². The van der Waals surface area contributed by atoms with Gasteiger partial charge in [-0.05, 0) is 49.8 Å². The molecule has 3 aromatic rings. The molecule has 162 valence electrons. The quantitative estimate of drug-likeness (QED) is 0.587. The van der Waals surface area contributed by atoms with Gasteiger partial charge in [-0.2, -0.15) is 0 Å². The fourth-order valence-corrected chi connectivity index (χ4v) is 4.98. The molecule has 0 unspecified atom stereocenters. The van der Waals surface area contributed by atoms with Crippen molar-refractivity contribution < 1.29 is 14.3 Å². The summed E-state index contributed by atoms with van der Waals surface area (Å²) in [7, 11) is 0. The Balaban J connectivity index is 1.45. The number of thiazole rings is 1. The maximum Gasteiger partial charge on any atom is 0.338 e. The lowest BCUT2D eigenvalue weighted by atomic mass is 10.0. The van der Waals surface area contributed by atoms with E-state index in [1.165, 1.54) is 10.9 Å². The van der Waals surface area contributed by atoms with Crippen molar-refractivity contribution in [3.63, 3.8) is 0 Å². The van der Waals surface area contributed by atoms with E-state index in [2.05, 4.69) is 10.3 Å². The van der Waals surface area contributed by atoms with Gasteiger partial charge in [0.25, 0.3) is 5.56 Å². The van der Waals surface area contributed by atoms with Gasteiger partial charge in [-0.25, -0.2) is 9.78 Å². The molecule has 1 aliphatic carbocycles. The highest BCUT2D eigenvalue weighted by molar-refractivity contribution is 7.17. The number of carbonyl (C=O) groups excluding carboxylic acids is 2. The van der Waals surface area contributed by atoms with Crippen LogP contribution >= 0.6 is 11.3 Å². The molecule has 8 heteroatoms. The minimum atomic E-state index is -0.535. The number of aryl methyl sites for hydroxylation is 2. The number of amides is 1. The molecular weight excluding hydrogens is 414 g/mol. The second-order valence-corrected chi connectivity index (χ2v) is 9.25. The van der Waals surface area contributed by atoms with Crippen molar-refractivity contribution in [3.05, 3.63) is 62.5 Å². The largest absolute Gasteiger partial charge is 0.456 e. The number of anilines is 1. The van der Waals surface area contributed by atoms with Crippen molar-refractivity contribution >= 4 is 33.9 Å². The lowest BCUT2D eigenvalue weighted by Crippen LogP contribution is -2.18. The Hall–Kier alpha value is -3.00. The Kier molecular flexibility index (Phi) is 6.18. The zero-order valence-corrected chi connectivity index (χ0v) is 18.5. The van der Waals surface area contributed by atoms with E-state index in [9.17, 15) is 14.4 Å². The molecule has 0 spiro atoms. The second kappa shape index (κ2) is 9.01. The van der Waals surface area contributed by atoms with Crippen LogP contribution in [-0.2, 0) is 29.0 Å². The molecule has 1 aromatic carbocycles. The average Bonchev–Trinajstić information content (AvgIpc) is 3.10. The summed E-state index contributed by atoms with van der Waals surface area (Å²) in [6.07, 6.45) is 4.51. The van der Waals surface area contributed by atoms with Gasteiger partial charge in [0.05, 0.1) is 11.3 Å². The third-order valence-electron chi connectivity index (χ3n) is 5.14. The Morgan fingerprint density at radius 2 is 2.03 bits per heavy atom. The first kappa shape index (κ1) is 21.2. The topological polar surface area (TPSA) is 89.8 Å². The first-order valence-corrected chi connectivity index (χ1v) is 11.3. The van der Waals surface area contributed by atoms with Crippen molar-refractivity contribution in [2.75, 3.05) is 5.32 Å². The Morgan fingerprint density at radius 1 is 1.23 bits per heavy atom. The van der Waals surface area contributed by atoms with Gasteiger partial charge >= 0.3 is 5.97 Å². The van der Waals surface area contributed by atoms with Gasteiger partial charge in [-0.1, -0.05) is 19.9 Å². The molecule has 4 rings (SSSR count). The summed E-state index contributed by atoms with van der Waals surface area (Å²) in [5.74, 6) is -0.388. The molecule has 2 aromatic heterocycles. The van der Waals surface area contributed by atoms with Crippen LogP contribution in [-0.4, -0.2) is 21.3 Å². The van der Waals surface area contributed by atoms with Gasteiger partial charge in [-0.3, -0.25) is 14.0 Å². The molecule has 1 N–H and O–H groups in total. The van der Waals surface area contributed by atoms with Gasteiger partial charge in [0.15, 0.2) is 4.96 Å². The highest BCUT2D eigenvalue weighted by Gasteiger charge is 2.19. The number of carbonyl (C=O) groups is 2. The summed E-state index contributed by atoms with van der Waals surface area (Å²) in [5.41, 5.74) is 2.24. The van der Waals surface area contributed by atoms with Crippen LogP contribution in [0.4, 0.5) is 5.69 Å². The number of esters is 1. The third-order valence-corrected chi connectivity index (χ3v) is 6.28. The maximum absolute atomic E-state index is 12.6. The fourth-order valence-electron chi connectivity index (χ4n) is 3.75. The Morgan fingerprint density at radius 3 is 2.84 bits per heavy atom. The van der Waals surface area contributed by atoms with Crippen molar-refractivity contribution in [3.8, 4) is 0 Å². The molecule has 31 heavy (non-hydrogen) atoms. The van der Waals surface area contributed by atoms with E-state index in [0.717, 1.165) is 31.4 Å². The van der Waals surface area contributed by atoms with E-state index in [4.69, 9.17) is 4.74 Å². The van der Waals surface area contributed by atoms with Crippen LogP contribution in [0, 0.1) is 5.92 Å². The van der Waals surface area contributed by atoms with Gasteiger partial charge in [0.1, 0.15) is 6.61 Å². The van der Waals surface area contributed by atoms with Crippen LogP contribution in [0.3, 0.4) is 0 Å². The number of nitrogens with zero attached hydrogens (tertiary/aromatic N) is 2. The minimum absolute atomic E-state index is 0.0862. The molecule has 0 bridgehead atoms. The first-order chi connectivity index (χ1) is 14.9. The summed E-state index contributed by atoms with van der Waals surface area (Å²) in [6.45, 7) is 3.85. The zero-order valence-electron chi connectivity index (χ0n) is 17.6. The zero-order chi connectivity index (χ0) is 22.0. The second-order valence-electron chi connectivity index (χ2n) is 8.19. The van der Waals surface area contributed by atoms with Gasteiger partial charge in [-0.15, -0.1) is 11.3 Å². The smallest absolute Gasteiger partial charge is 0.338 e. The van der Waals surface area contributed by atoms with Gasteiger partial charge in [0, 0.05) is 28.7 Å². The van der Waals surface area contributed by atoms with Crippen LogP contribution in [0.1, 0.15) is 59.7 Å². The summed E-state index contributed by atoms with van der Waals surface area (Å²) >= 11 is 1.54. The van der Waals surface area contributed by atoms with Crippen LogP contribution in [0.2, 0.25) is 0 Å². The highest BCUT2D eigenvalue weighted by Crippen LogP contribution is 2.28. The minimum Gasteiger partial charge on any atom is -0.456 e. The number of benzene rings is 1. The lowest BCUT2D eigenvalue weighted by Gasteiger charge is -2.10. The van der Waals surface area contributed by atoms with Crippen molar-refractivity contribution in [1.29, 1.82) is 0 Å². The lowest BCUT2D eigenvalue weighted by molar-refractivity contribution is -0.116. The van der Waals surface area contributed by atoms with E-state index in [1.807, 2.05) is 13.8 Å². The molecule has 0 atom stereocenters. The summed E-state index contributed by atoms with van der Waals surface area (Å²) < 4.78 is 7.08. The predicted octanol–water partition coefficient (Wildman–Crippen LogP) is 3.98. The molecule has 0 saturated carbocycles. The fraction of sp³-hybridized carbons (Fsp3) is 0.391. The number of nitrogens with one attached hydrogen (secondary N) is 1. The van der Waals surface area contributed by atoms with Gasteiger partial charge < -0.3 is 10.1 Å². The maximum atomic E-state index is 12.6. The van der Waals surface area contributed by atoms with Crippen molar-refractivity contribution in [2.45, 2.75) is 52.6 Å². The first-order valence-electron chi connectivity index (χ1n) is 10.5. The third kappa shape index (κ3) is 4.85. The monoisotopic (exact) mass is 439 g/mol. The standard InChI is InChI=1S/C23H25N3O4S/c1-14(2)10-20(27)24-16-7-5-6-15(11-16)22(29)30-13-17-12-21(28)26-18-8-3-4-9-19(18)31-23(26)25-17/h5-7,11-12,14H,3-4,8-10,13H2,1-2H3,(H,24,27). The molecule has 0 saturated heterocycles. The van der Waals surface area contributed by atoms with Crippen LogP contribution < -0.4 is 10.9 Å². The van der Waals surface area contributed by atoms with E-state index in [0.29, 0.717) is 28.3 Å². The molecule has 2 heterocycles. The van der Waals surface area contributed by atoms with Crippen molar-refractivity contribution in [2.24, 2.45) is 5.92 Å². The summed E-state index contributed by atoms with van der Waals surface area (Å²) in [4.78, 5) is 43.5. The number of rotatable bonds is 6. The molecular formula is C23H25N3O4S. The van der Waals surface area contributed by atoms with E-state index < -0.39 is 5.97 Å². The number of hydrogen-bond donors (Lipinski definition) is 1. The predicted molar refractivity (Wildman–Crippen MR) is 120 cm³/mol. The van der Waals surface area contributed by atoms with Gasteiger partial charge in [0.2, 0.25) is 5.91 Å². The molecule has 0 radical (unpaired) electrons. The highest BCUT2D eigenvalue weighted by atomic mass is 32.1. The Bertz CT molecular complexity index is 1200. The van der Waals surface area contributed by atoms with E-state index in [1.54, 1.807) is 40.0 Å². The SMILES string of the molecule is CC(C)CC(=O)Nc1cccc(C(=O)OCc2cc(=O)n3c4c(sc3n2)CCCC4)c1. The molecule has 0 aliphatic heterocycles. The van der Waals surface area contributed by atoms with E-state index >= 15 is 0 Å². The Labute approximate surface area is 184 Å². The van der Waals surface area contributed by atoms with Crippen LogP contribution in [0.15, 0.2) is 35.1 Å². The number of aromatic nitrogens is 2. The number of hydrogen-bond acceptors (Lipinski definition) is 6. The van der Waals surface area contributed by atoms with Crippen LogP contribution in [0.5, 0.6) is 0 Å². The molecule has 7 nitrogen and oxygen atoms in total. The average molecular weight is 440 g/mol. The molecule has 0 fully saturated rings.